The Kier molecular flexibility index (Phi) is 8.32. The lowest BCUT2D eigenvalue weighted by Gasteiger charge is -2.34. The molecule has 10 nitrogen and oxygen atoms in total. The Morgan fingerprint density at radius 2 is 1.55 bits per heavy atom. The van der Waals surface area contributed by atoms with Crippen LogP contribution in [-0.2, 0) is 19.1 Å². The highest BCUT2D eigenvalue weighted by Crippen LogP contribution is 2.26. The van der Waals surface area contributed by atoms with Gasteiger partial charge in [-0.1, -0.05) is 12.1 Å². The summed E-state index contributed by atoms with van der Waals surface area (Å²) >= 11 is 1.47. The quantitative estimate of drug-likeness (QED) is 0.406. The smallest absolute Gasteiger partial charge is 0.409 e. The molecule has 0 N–H and O–H groups in total. The fourth-order valence-corrected chi connectivity index (χ4v) is 4.21. The fraction of sp³-hybridized carbons (Fsp3) is 0.500. The highest BCUT2D eigenvalue weighted by molar-refractivity contribution is 7.98. The molecule has 33 heavy (non-hydrogen) atoms. The predicted octanol–water partition coefficient (Wildman–Crippen LogP) is 1.25. The van der Waals surface area contributed by atoms with E-state index in [1.54, 1.807) is 31.2 Å². The summed E-state index contributed by atoms with van der Waals surface area (Å²) in [5.41, 5.74) is 0.500. The molecule has 1 saturated heterocycles. The maximum atomic E-state index is 12.9. The lowest BCUT2D eigenvalue weighted by molar-refractivity contribution is -0.155. The number of hydrogen-bond acceptors (Lipinski definition) is 8. The van der Waals surface area contributed by atoms with Gasteiger partial charge in [-0.05, 0) is 37.5 Å². The minimum Gasteiger partial charge on any atom is -0.454 e. The predicted molar refractivity (Wildman–Crippen MR) is 120 cm³/mol. The lowest BCUT2D eigenvalue weighted by atomic mass is 10.1. The molecular weight excluding hydrogens is 450 g/mol. The lowest BCUT2D eigenvalue weighted by Crippen LogP contribution is -2.52. The second-order valence-electron chi connectivity index (χ2n) is 7.50. The van der Waals surface area contributed by atoms with E-state index < -0.39 is 42.4 Å². The molecule has 4 amide bonds. The van der Waals surface area contributed by atoms with Gasteiger partial charge < -0.3 is 19.3 Å². The molecular formula is C22H27N3O7S. The van der Waals surface area contributed by atoms with Crippen LogP contribution in [0.25, 0.3) is 0 Å². The number of fused-ring (bicyclic) bond motifs is 1. The monoisotopic (exact) mass is 477 g/mol. The summed E-state index contributed by atoms with van der Waals surface area (Å²) in [5.74, 6) is -1.76. The van der Waals surface area contributed by atoms with E-state index in [4.69, 9.17) is 9.47 Å². The van der Waals surface area contributed by atoms with Gasteiger partial charge in [0.1, 0.15) is 6.04 Å². The Morgan fingerprint density at radius 1 is 0.970 bits per heavy atom. The van der Waals surface area contributed by atoms with Crippen LogP contribution in [0.3, 0.4) is 0 Å². The molecule has 0 saturated carbocycles. The summed E-state index contributed by atoms with van der Waals surface area (Å²) in [6.45, 7) is 2.73. The van der Waals surface area contributed by atoms with Gasteiger partial charge >= 0.3 is 12.1 Å². The Labute approximate surface area is 196 Å². The minimum atomic E-state index is -1.11. The van der Waals surface area contributed by atoms with Gasteiger partial charge in [-0.15, -0.1) is 0 Å². The minimum absolute atomic E-state index is 0.220. The zero-order valence-electron chi connectivity index (χ0n) is 18.7. The van der Waals surface area contributed by atoms with E-state index in [1.807, 2.05) is 6.26 Å². The number of esters is 1. The molecule has 0 aromatic heterocycles. The zero-order chi connectivity index (χ0) is 24.0. The normalized spacial score (nSPS) is 16.5. The van der Waals surface area contributed by atoms with Crippen molar-refractivity contribution in [3.8, 4) is 0 Å². The highest BCUT2D eigenvalue weighted by atomic mass is 32.2. The second-order valence-corrected chi connectivity index (χ2v) is 8.48. The number of benzene rings is 1. The van der Waals surface area contributed by atoms with Crippen LogP contribution in [0.4, 0.5) is 4.79 Å². The molecule has 2 heterocycles. The zero-order valence-corrected chi connectivity index (χ0v) is 19.5. The van der Waals surface area contributed by atoms with Crippen molar-refractivity contribution in [3.63, 3.8) is 0 Å². The van der Waals surface area contributed by atoms with Crippen molar-refractivity contribution in [2.45, 2.75) is 19.4 Å². The summed E-state index contributed by atoms with van der Waals surface area (Å²) in [4.78, 5) is 66.7. The Hall–Kier alpha value is -3.08. The maximum absolute atomic E-state index is 12.9. The number of nitrogens with zero attached hydrogens (tertiary/aromatic N) is 3. The average molecular weight is 478 g/mol. The molecule has 2 aliphatic rings. The third-order valence-corrected chi connectivity index (χ3v) is 6.14. The fourth-order valence-electron chi connectivity index (χ4n) is 3.75. The van der Waals surface area contributed by atoms with Gasteiger partial charge in [-0.3, -0.25) is 19.3 Å². The van der Waals surface area contributed by atoms with E-state index >= 15 is 0 Å². The number of thioether (sulfide) groups is 1. The van der Waals surface area contributed by atoms with Crippen LogP contribution in [0.1, 0.15) is 34.1 Å². The second kappa shape index (κ2) is 11.2. The van der Waals surface area contributed by atoms with Gasteiger partial charge in [0.15, 0.2) is 6.61 Å². The van der Waals surface area contributed by atoms with Crippen LogP contribution in [0.2, 0.25) is 0 Å². The Morgan fingerprint density at radius 3 is 2.09 bits per heavy atom. The van der Waals surface area contributed by atoms with Gasteiger partial charge in [-0.2, -0.15) is 11.8 Å². The maximum Gasteiger partial charge on any atom is 0.409 e. The first-order valence-corrected chi connectivity index (χ1v) is 12.1. The molecule has 1 aromatic rings. The van der Waals surface area contributed by atoms with Crippen molar-refractivity contribution in [1.82, 2.24) is 14.7 Å². The average Bonchev–Trinajstić information content (AvgIpc) is 3.08. The number of imide groups is 1. The van der Waals surface area contributed by atoms with Crippen molar-refractivity contribution in [2.75, 3.05) is 51.4 Å². The van der Waals surface area contributed by atoms with Crippen molar-refractivity contribution in [1.29, 1.82) is 0 Å². The number of piperazine rings is 1. The van der Waals surface area contributed by atoms with E-state index in [-0.39, 0.29) is 24.2 Å². The third-order valence-electron chi connectivity index (χ3n) is 5.50. The van der Waals surface area contributed by atoms with E-state index in [0.29, 0.717) is 31.9 Å². The van der Waals surface area contributed by atoms with Crippen molar-refractivity contribution in [3.05, 3.63) is 35.4 Å². The van der Waals surface area contributed by atoms with Crippen molar-refractivity contribution in [2.24, 2.45) is 0 Å². The molecule has 0 radical (unpaired) electrons. The summed E-state index contributed by atoms with van der Waals surface area (Å²) in [7, 11) is 0. The Balaban J connectivity index is 1.59. The molecule has 1 fully saturated rings. The number of rotatable bonds is 8. The van der Waals surface area contributed by atoms with Crippen LogP contribution < -0.4 is 0 Å². The largest absolute Gasteiger partial charge is 0.454 e. The van der Waals surface area contributed by atoms with Gasteiger partial charge in [0.25, 0.3) is 17.7 Å². The first-order valence-electron chi connectivity index (χ1n) is 10.7. The highest BCUT2D eigenvalue weighted by Gasteiger charge is 2.43. The van der Waals surface area contributed by atoms with Gasteiger partial charge in [0, 0.05) is 26.2 Å². The third kappa shape index (κ3) is 5.47. The number of ether oxygens (including phenoxy) is 2. The number of carbonyl (C=O) groups is 5. The number of amides is 4. The number of hydrogen-bond donors (Lipinski definition) is 0. The van der Waals surface area contributed by atoms with Crippen molar-refractivity contribution < 1.29 is 33.4 Å². The summed E-state index contributed by atoms with van der Waals surface area (Å²) < 4.78 is 10.2. The molecule has 1 atom stereocenters. The SMILES string of the molecule is CCOC(=O)N1CCN(C(=O)COC(=O)[C@H](CCSC)N2C(=O)c3ccccc3C2=O)CC1. The molecule has 0 unspecified atom stereocenters. The molecule has 3 rings (SSSR count). The van der Waals surface area contributed by atoms with E-state index in [2.05, 4.69) is 0 Å². The van der Waals surface area contributed by atoms with Crippen LogP contribution in [0.5, 0.6) is 0 Å². The molecule has 178 valence electrons. The first-order chi connectivity index (χ1) is 15.9. The van der Waals surface area contributed by atoms with Gasteiger partial charge in [0.2, 0.25) is 0 Å². The first kappa shape index (κ1) is 24.6. The summed E-state index contributed by atoms with van der Waals surface area (Å²) in [6, 6.07) is 5.29. The molecule has 2 aliphatic heterocycles. The Bertz CT molecular complexity index is 895. The van der Waals surface area contributed by atoms with E-state index in [9.17, 15) is 24.0 Å². The van der Waals surface area contributed by atoms with Crippen LogP contribution in [0, 0.1) is 0 Å². The molecule has 0 bridgehead atoms. The molecule has 0 aliphatic carbocycles. The van der Waals surface area contributed by atoms with Crippen LogP contribution in [-0.4, -0.2) is 102 Å². The molecule has 1 aromatic carbocycles. The topological polar surface area (TPSA) is 114 Å². The number of carbonyl (C=O) groups excluding carboxylic acids is 5. The summed E-state index contributed by atoms with van der Waals surface area (Å²) in [6.07, 6.45) is 1.65. The van der Waals surface area contributed by atoms with Crippen molar-refractivity contribution >= 4 is 41.5 Å². The van der Waals surface area contributed by atoms with Crippen LogP contribution >= 0.6 is 11.8 Å². The summed E-state index contributed by atoms with van der Waals surface area (Å²) in [5, 5.41) is 0. The van der Waals surface area contributed by atoms with Gasteiger partial charge in [-0.25, -0.2) is 9.59 Å². The van der Waals surface area contributed by atoms with E-state index in [0.717, 1.165) is 4.90 Å². The van der Waals surface area contributed by atoms with E-state index in [1.165, 1.54) is 21.6 Å². The molecule has 11 heteroatoms. The molecule has 0 spiro atoms. The van der Waals surface area contributed by atoms with Crippen LogP contribution in [0.15, 0.2) is 24.3 Å². The van der Waals surface area contributed by atoms with Gasteiger partial charge in [0.05, 0.1) is 17.7 Å². The standard InChI is InChI=1S/C22H27N3O7S/c1-3-31-22(30)24-11-9-23(10-12-24)18(26)14-32-21(29)17(8-13-33-2)25-19(27)15-6-4-5-7-16(15)20(25)28/h4-7,17H,3,8-14H2,1-2H3/t17-/m0/s1.